The van der Waals surface area contributed by atoms with Gasteiger partial charge in [-0.2, -0.15) is 0 Å². The predicted octanol–water partition coefficient (Wildman–Crippen LogP) is -0.0222. The summed E-state index contributed by atoms with van der Waals surface area (Å²) < 4.78 is 20.7. The average molecular weight is 296 g/mol. The molecule has 3 fully saturated rings. The molecule has 0 saturated carbocycles. The minimum Gasteiger partial charge on any atom is -0.465 e. The molecule has 0 aromatic rings. The topological polar surface area (TPSA) is 88.1 Å². The molecule has 114 valence electrons. The van der Waals surface area contributed by atoms with Crippen molar-refractivity contribution in [3.8, 4) is 0 Å². The number of fused-ring (bicyclic) bond motifs is 5. The van der Waals surface area contributed by atoms with Gasteiger partial charge in [-0.15, -0.1) is 0 Å². The standard InChI is InChI=1S/C14H16O7/c1-6(2)13(16)19-5-10(15)20-9-3-8-11-7(12(9)21-8)4-18-14(11)17/h7-9,11-12H,1,3-5H2,2H3. The second kappa shape index (κ2) is 5.14. The van der Waals surface area contributed by atoms with Crippen molar-refractivity contribution in [2.45, 2.75) is 31.7 Å². The SMILES string of the molecule is C=C(C)C(=O)OCC(=O)OC1CC2OC1C1COC(=O)C21. The van der Waals surface area contributed by atoms with Crippen molar-refractivity contribution in [2.24, 2.45) is 11.8 Å². The van der Waals surface area contributed by atoms with E-state index in [2.05, 4.69) is 6.58 Å². The molecule has 0 amide bonds. The van der Waals surface area contributed by atoms with Crippen molar-refractivity contribution in [2.75, 3.05) is 13.2 Å². The number of cyclic esters (lactones) is 1. The molecule has 3 aliphatic rings. The van der Waals surface area contributed by atoms with Gasteiger partial charge in [0.1, 0.15) is 12.2 Å². The predicted molar refractivity (Wildman–Crippen MR) is 66.9 cm³/mol. The van der Waals surface area contributed by atoms with E-state index in [0.29, 0.717) is 13.0 Å². The van der Waals surface area contributed by atoms with Crippen LogP contribution in [0.15, 0.2) is 12.2 Å². The lowest BCUT2D eigenvalue weighted by molar-refractivity contribution is -0.163. The summed E-state index contributed by atoms with van der Waals surface area (Å²) in [5.41, 5.74) is 0.218. The van der Waals surface area contributed by atoms with Crippen LogP contribution in [0.25, 0.3) is 0 Å². The van der Waals surface area contributed by atoms with E-state index in [4.69, 9.17) is 18.9 Å². The molecular formula is C14H16O7. The summed E-state index contributed by atoms with van der Waals surface area (Å²) in [6.07, 6.45) is -0.499. The van der Waals surface area contributed by atoms with Gasteiger partial charge in [-0.3, -0.25) is 4.79 Å². The third kappa shape index (κ3) is 2.42. The van der Waals surface area contributed by atoms with Crippen molar-refractivity contribution < 1.29 is 33.3 Å². The molecule has 0 aliphatic carbocycles. The molecule has 3 aliphatic heterocycles. The number of carbonyl (C=O) groups excluding carboxylic acids is 3. The summed E-state index contributed by atoms with van der Waals surface area (Å²) in [6.45, 7) is 4.77. The second-order valence-electron chi connectivity index (χ2n) is 5.58. The molecular weight excluding hydrogens is 280 g/mol. The Bertz CT molecular complexity index is 511. The van der Waals surface area contributed by atoms with Gasteiger partial charge in [0.2, 0.25) is 0 Å². The Hall–Kier alpha value is -1.89. The first kappa shape index (κ1) is 14.1. The molecule has 5 unspecified atom stereocenters. The van der Waals surface area contributed by atoms with E-state index in [1.165, 1.54) is 6.92 Å². The van der Waals surface area contributed by atoms with Gasteiger partial charge in [-0.1, -0.05) is 6.58 Å². The first-order chi connectivity index (χ1) is 9.97. The van der Waals surface area contributed by atoms with E-state index in [1.807, 2.05) is 0 Å². The highest BCUT2D eigenvalue weighted by molar-refractivity contribution is 5.88. The van der Waals surface area contributed by atoms with Gasteiger partial charge in [0.15, 0.2) is 6.61 Å². The van der Waals surface area contributed by atoms with E-state index in [9.17, 15) is 14.4 Å². The number of ether oxygens (including phenoxy) is 4. The smallest absolute Gasteiger partial charge is 0.344 e. The molecule has 0 aromatic carbocycles. The van der Waals surface area contributed by atoms with Crippen LogP contribution in [0.1, 0.15) is 13.3 Å². The normalized spacial score (nSPS) is 36.0. The number of hydrogen-bond donors (Lipinski definition) is 0. The Morgan fingerprint density at radius 3 is 2.90 bits per heavy atom. The first-order valence-electron chi connectivity index (χ1n) is 6.81. The Morgan fingerprint density at radius 1 is 1.43 bits per heavy atom. The number of hydrogen-bond acceptors (Lipinski definition) is 7. The van der Waals surface area contributed by atoms with E-state index in [0.717, 1.165) is 0 Å². The summed E-state index contributed by atoms with van der Waals surface area (Å²) in [7, 11) is 0. The zero-order chi connectivity index (χ0) is 15.1. The Balaban J connectivity index is 1.51. The van der Waals surface area contributed by atoms with E-state index in [1.54, 1.807) is 0 Å². The maximum absolute atomic E-state index is 11.7. The monoisotopic (exact) mass is 296 g/mol. The fraction of sp³-hybridized carbons (Fsp3) is 0.643. The van der Waals surface area contributed by atoms with Gasteiger partial charge in [-0.25, -0.2) is 9.59 Å². The lowest BCUT2D eigenvalue weighted by atomic mass is 9.80. The zero-order valence-electron chi connectivity index (χ0n) is 11.6. The fourth-order valence-electron chi connectivity index (χ4n) is 3.16. The van der Waals surface area contributed by atoms with Crippen LogP contribution in [0.4, 0.5) is 0 Å². The molecule has 0 aromatic heterocycles. The molecule has 0 N–H and O–H groups in total. The molecule has 7 heteroatoms. The van der Waals surface area contributed by atoms with Crippen molar-refractivity contribution in [1.82, 2.24) is 0 Å². The summed E-state index contributed by atoms with van der Waals surface area (Å²) in [4.78, 5) is 34.4. The Kier molecular flexibility index (Phi) is 3.44. The van der Waals surface area contributed by atoms with Gasteiger partial charge in [-0.05, 0) is 6.92 Å². The molecule has 2 bridgehead atoms. The van der Waals surface area contributed by atoms with Crippen LogP contribution < -0.4 is 0 Å². The minimum absolute atomic E-state index is 0.0491. The first-order valence-corrected chi connectivity index (χ1v) is 6.81. The molecule has 21 heavy (non-hydrogen) atoms. The van der Waals surface area contributed by atoms with Crippen LogP contribution in [0, 0.1) is 11.8 Å². The third-order valence-corrected chi connectivity index (χ3v) is 4.09. The fourth-order valence-corrected chi connectivity index (χ4v) is 3.16. The summed E-state index contributed by atoms with van der Waals surface area (Å²) in [6, 6.07) is 0. The van der Waals surface area contributed by atoms with E-state index >= 15 is 0 Å². The maximum atomic E-state index is 11.7. The van der Waals surface area contributed by atoms with Gasteiger partial charge >= 0.3 is 17.9 Å². The molecule has 3 saturated heterocycles. The van der Waals surface area contributed by atoms with Crippen molar-refractivity contribution in [3.05, 3.63) is 12.2 Å². The third-order valence-electron chi connectivity index (χ3n) is 4.09. The Labute approximate surface area is 121 Å². The summed E-state index contributed by atoms with van der Waals surface area (Å²) in [5.74, 6) is -1.77. The van der Waals surface area contributed by atoms with Crippen LogP contribution in [0.3, 0.4) is 0 Å². The van der Waals surface area contributed by atoms with Gasteiger partial charge in [0.25, 0.3) is 0 Å². The lowest BCUT2D eigenvalue weighted by Gasteiger charge is -2.24. The number of rotatable bonds is 4. The van der Waals surface area contributed by atoms with Crippen LogP contribution in [-0.2, 0) is 33.3 Å². The van der Waals surface area contributed by atoms with E-state index < -0.39 is 24.6 Å². The van der Waals surface area contributed by atoms with Gasteiger partial charge in [0.05, 0.1) is 18.6 Å². The number of carbonyl (C=O) groups is 3. The molecule has 0 radical (unpaired) electrons. The highest BCUT2D eigenvalue weighted by Gasteiger charge is 2.61. The van der Waals surface area contributed by atoms with Gasteiger partial charge in [0, 0.05) is 17.9 Å². The van der Waals surface area contributed by atoms with Crippen molar-refractivity contribution in [3.63, 3.8) is 0 Å². The highest BCUT2D eigenvalue weighted by Crippen LogP contribution is 2.48. The molecule has 3 rings (SSSR count). The van der Waals surface area contributed by atoms with E-state index in [-0.39, 0.29) is 35.6 Å². The van der Waals surface area contributed by atoms with Crippen LogP contribution >= 0.6 is 0 Å². The second-order valence-corrected chi connectivity index (χ2v) is 5.58. The minimum atomic E-state index is -0.633. The average Bonchev–Trinajstić information content (AvgIpc) is 3.09. The van der Waals surface area contributed by atoms with Crippen molar-refractivity contribution >= 4 is 17.9 Å². The Morgan fingerprint density at radius 2 is 2.19 bits per heavy atom. The summed E-state index contributed by atoms with van der Waals surface area (Å²) >= 11 is 0. The van der Waals surface area contributed by atoms with Crippen LogP contribution in [-0.4, -0.2) is 49.4 Å². The molecule has 3 heterocycles. The van der Waals surface area contributed by atoms with Gasteiger partial charge < -0.3 is 18.9 Å². The molecule has 7 nitrogen and oxygen atoms in total. The quantitative estimate of drug-likeness (QED) is 0.409. The lowest BCUT2D eigenvalue weighted by Crippen LogP contribution is -2.39. The summed E-state index contributed by atoms with van der Waals surface area (Å²) in [5, 5.41) is 0. The zero-order valence-corrected chi connectivity index (χ0v) is 11.6. The van der Waals surface area contributed by atoms with Crippen LogP contribution in [0.5, 0.6) is 0 Å². The molecule has 0 spiro atoms. The maximum Gasteiger partial charge on any atom is 0.344 e. The largest absolute Gasteiger partial charge is 0.465 e. The number of esters is 3. The van der Waals surface area contributed by atoms with Crippen molar-refractivity contribution in [1.29, 1.82) is 0 Å². The molecule has 5 atom stereocenters. The van der Waals surface area contributed by atoms with Crippen LogP contribution in [0.2, 0.25) is 0 Å². The highest BCUT2D eigenvalue weighted by atomic mass is 16.6.